The number of nitrogens with one attached hydrogen (secondary N) is 2. The van der Waals surface area contributed by atoms with Crippen molar-refractivity contribution in [2.75, 3.05) is 18.4 Å². The third kappa shape index (κ3) is 3.86. The van der Waals surface area contributed by atoms with E-state index in [1.54, 1.807) is 29.5 Å². The average Bonchev–Trinajstić information content (AvgIpc) is 3.32. The van der Waals surface area contributed by atoms with Crippen molar-refractivity contribution in [3.8, 4) is 0 Å². The highest BCUT2D eigenvalue weighted by Crippen LogP contribution is 2.25. The highest BCUT2D eigenvalue weighted by Gasteiger charge is 2.25. The van der Waals surface area contributed by atoms with Gasteiger partial charge in [-0.05, 0) is 54.5 Å². The third-order valence-electron chi connectivity index (χ3n) is 4.73. The Labute approximate surface area is 161 Å². The molecule has 1 saturated carbocycles. The van der Waals surface area contributed by atoms with E-state index in [-0.39, 0.29) is 18.4 Å². The van der Waals surface area contributed by atoms with Crippen LogP contribution in [0, 0.1) is 0 Å². The first-order valence-corrected chi connectivity index (χ1v) is 10.0. The number of hydrogen-bond donors (Lipinski definition) is 2. The van der Waals surface area contributed by atoms with Gasteiger partial charge in [0.2, 0.25) is 5.91 Å². The first kappa shape index (κ1) is 17.4. The van der Waals surface area contributed by atoms with Crippen molar-refractivity contribution in [3.63, 3.8) is 0 Å². The van der Waals surface area contributed by atoms with E-state index in [2.05, 4.69) is 22.1 Å². The molecule has 0 saturated heterocycles. The Morgan fingerprint density at radius 1 is 1.27 bits per heavy atom. The molecule has 2 N–H and O–H groups in total. The summed E-state index contributed by atoms with van der Waals surface area (Å²) in [5.41, 5.74) is 2.46. The van der Waals surface area contributed by atoms with Gasteiger partial charge in [0.1, 0.15) is 0 Å². The van der Waals surface area contributed by atoms with Crippen LogP contribution in [0.3, 0.4) is 0 Å². The molecule has 7 heteroatoms. The van der Waals surface area contributed by atoms with Gasteiger partial charge in [-0.25, -0.2) is 0 Å². The van der Waals surface area contributed by atoms with Gasteiger partial charge < -0.3 is 15.5 Å². The first-order chi connectivity index (χ1) is 12.6. The van der Waals surface area contributed by atoms with Crippen molar-refractivity contribution in [2.24, 2.45) is 0 Å². The van der Waals surface area contributed by atoms with Gasteiger partial charge in [-0.2, -0.15) is 0 Å². The van der Waals surface area contributed by atoms with E-state index in [1.165, 1.54) is 10.4 Å². The van der Waals surface area contributed by atoms with E-state index >= 15 is 0 Å². The topological polar surface area (TPSA) is 61.4 Å². The normalized spacial score (nSPS) is 16.1. The fourth-order valence-electron chi connectivity index (χ4n) is 3.05. The maximum Gasteiger partial charge on any atom is 0.253 e. The highest BCUT2D eigenvalue weighted by molar-refractivity contribution is 7.10. The summed E-state index contributed by atoms with van der Waals surface area (Å²) in [6.45, 7) is 1.65. The van der Waals surface area contributed by atoms with E-state index in [4.69, 9.17) is 11.6 Å². The third-order valence-corrected chi connectivity index (χ3v) is 6.07. The molecule has 0 bridgehead atoms. The molecule has 0 unspecified atom stereocenters. The highest BCUT2D eigenvalue weighted by atomic mass is 35.5. The molecule has 1 fully saturated rings. The minimum atomic E-state index is -0.139. The monoisotopic (exact) mass is 389 g/mol. The Balaban J connectivity index is 1.33. The number of amides is 2. The van der Waals surface area contributed by atoms with Crippen molar-refractivity contribution in [2.45, 2.75) is 31.8 Å². The van der Waals surface area contributed by atoms with Crippen LogP contribution in [0.4, 0.5) is 5.69 Å². The van der Waals surface area contributed by atoms with Gasteiger partial charge in [0.05, 0.1) is 17.1 Å². The van der Waals surface area contributed by atoms with E-state index in [9.17, 15) is 9.59 Å². The van der Waals surface area contributed by atoms with Gasteiger partial charge in [-0.3, -0.25) is 9.59 Å². The number of anilines is 1. The molecule has 5 nitrogen and oxygen atoms in total. The second kappa shape index (κ2) is 7.29. The maximum absolute atomic E-state index is 12.5. The largest absolute Gasteiger partial charge is 0.376 e. The lowest BCUT2D eigenvalue weighted by Gasteiger charge is -2.27. The standard InChI is InChI=1S/C19H20ClN3O2S/c20-16-9-14(3-4-15(16)19(25)22-13-1-2-13)21-10-18(24)23-7-5-17-12(11-23)6-8-26-17/h3-4,6,8-9,13,21H,1-2,5,7,10-11H2,(H,22,25). The molecule has 0 spiro atoms. The van der Waals surface area contributed by atoms with E-state index in [0.717, 1.165) is 31.5 Å². The molecule has 1 aromatic carbocycles. The lowest BCUT2D eigenvalue weighted by atomic mass is 10.1. The van der Waals surface area contributed by atoms with Gasteiger partial charge in [-0.15, -0.1) is 11.3 Å². The minimum absolute atomic E-state index is 0.0634. The Morgan fingerprint density at radius 3 is 2.88 bits per heavy atom. The molecule has 2 aliphatic rings. The number of fused-ring (bicyclic) bond motifs is 1. The van der Waals surface area contributed by atoms with Crippen LogP contribution in [-0.4, -0.2) is 35.8 Å². The summed E-state index contributed by atoms with van der Waals surface area (Å²) in [5, 5.41) is 8.51. The lowest BCUT2D eigenvalue weighted by molar-refractivity contribution is -0.130. The summed E-state index contributed by atoms with van der Waals surface area (Å²) in [7, 11) is 0. The second-order valence-electron chi connectivity index (χ2n) is 6.73. The lowest BCUT2D eigenvalue weighted by Crippen LogP contribution is -2.38. The van der Waals surface area contributed by atoms with Crippen molar-refractivity contribution < 1.29 is 9.59 Å². The van der Waals surface area contributed by atoms with Gasteiger partial charge in [0.15, 0.2) is 0 Å². The van der Waals surface area contributed by atoms with E-state index in [0.29, 0.717) is 23.2 Å². The summed E-state index contributed by atoms with van der Waals surface area (Å²) in [4.78, 5) is 27.8. The van der Waals surface area contributed by atoms with Crippen LogP contribution in [0.15, 0.2) is 29.6 Å². The van der Waals surface area contributed by atoms with Crippen molar-refractivity contribution >= 4 is 40.4 Å². The molecule has 136 valence electrons. The zero-order chi connectivity index (χ0) is 18.1. The molecule has 1 aliphatic heterocycles. The molecule has 1 aromatic heterocycles. The number of hydrogen-bond acceptors (Lipinski definition) is 4. The minimum Gasteiger partial charge on any atom is -0.376 e. The molecule has 2 heterocycles. The zero-order valence-electron chi connectivity index (χ0n) is 14.3. The maximum atomic E-state index is 12.5. The molecule has 26 heavy (non-hydrogen) atoms. The van der Waals surface area contributed by atoms with Gasteiger partial charge in [-0.1, -0.05) is 11.6 Å². The van der Waals surface area contributed by atoms with Gasteiger partial charge in [0, 0.05) is 29.7 Å². The Morgan fingerprint density at radius 2 is 2.12 bits per heavy atom. The molecule has 2 aromatic rings. The van der Waals surface area contributed by atoms with Crippen LogP contribution in [0.2, 0.25) is 5.02 Å². The van der Waals surface area contributed by atoms with Crippen LogP contribution in [0.25, 0.3) is 0 Å². The van der Waals surface area contributed by atoms with Crippen molar-refractivity contribution in [1.82, 2.24) is 10.2 Å². The van der Waals surface area contributed by atoms with Crippen LogP contribution in [0.5, 0.6) is 0 Å². The molecule has 2 amide bonds. The smallest absolute Gasteiger partial charge is 0.253 e. The Kier molecular flexibility index (Phi) is 4.87. The molecule has 1 aliphatic carbocycles. The molecular formula is C19H20ClN3O2S. The van der Waals surface area contributed by atoms with Crippen LogP contribution in [-0.2, 0) is 17.8 Å². The van der Waals surface area contributed by atoms with Crippen molar-refractivity contribution in [3.05, 3.63) is 50.7 Å². The molecular weight excluding hydrogens is 370 g/mol. The summed E-state index contributed by atoms with van der Waals surface area (Å²) >= 11 is 8.00. The summed E-state index contributed by atoms with van der Waals surface area (Å²) in [5.74, 6) is -0.0754. The number of thiophene rings is 1. The predicted molar refractivity (Wildman–Crippen MR) is 104 cm³/mol. The SMILES string of the molecule is O=C(NC1CC1)c1ccc(NCC(=O)N2CCc3sccc3C2)cc1Cl. The van der Waals surface area contributed by atoms with Crippen LogP contribution < -0.4 is 10.6 Å². The number of carbonyl (C=O) groups is 2. The fourth-order valence-corrected chi connectivity index (χ4v) is 4.21. The fraction of sp³-hybridized carbons (Fsp3) is 0.368. The number of carbonyl (C=O) groups excluding carboxylic acids is 2. The first-order valence-electron chi connectivity index (χ1n) is 8.77. The Bertz CT molecular complexity index is 847. The van der Waals surface area contributed by atoms with E-state index in [1.807, 2.05) is 4.90 Å². The zero-order valence-corrected chi connectivity index (χ0v) is 15.8. The number of rotatable bonds is 5. The van der Waals surface area contributed by atoms with Gasteiger partial charge >= 0.3 is 0 Å². The summed E-state index contributed by atoms with van der Waals surface area (Å²) in [6, 6.07) is 7.57. The molecule has 4 rings (SSSR count). The Hall–Kier alpha value is -2.05. The average molecular weight is 390 g/mol. The number of nitrogens with zero attached hydrogens (tertiary/aromatic N) is 1. The summed E-state index contributed by atoms with van der Waals surface area (Å²) < 4.78 is 0. The quantitative estimate of drug-likeness (QED) is 0.824. The van der Waals surface area contributed by atoms with E-state index < -0.39 is 0 Å². The van der Waals surface area contributed by atoms with Crippen molar-refractivity contribution in [1.29, 1.82) is 0 Å². The molecule has 0 atom stereocenters. The van der Waals surface area contributed by atoms with Gasteiger partial charge in [0.25, 0.3) is 5.91 Å². The molecule has 0 radical (unpaired) electrons. The number of benzene rings is 1. The van der Waals surface area contributed by atoms with Crippen LogP contribution in [0.1, 0.15) is 33.6 Å². The van der Waals surface area contributed by atoms with Crippen LogP contribution >= 0.6 is 22.9 Å². The summed E-state index contributed by atoms with van der Waals surface area (Å²) in [6.07, 6.45) is 3.00. The predicted octanol–water partition coefficient (Wildman–Crippen LogP) is 3.29. The number of halogens is 1. The second-order valence-corrected chi connectivity index (χ2v) is 8.14.